The van der Waals surface area contributed by atoms with Gasteiger partial charge < -0.3 is 14.5 Å². The van der Waals surface area contributed by atoms with E-state index in [2.05, 4.69) is 10.1 Å². The summed E-state index contributed by atoms with van der Waals surface area (Å²) < 4.78 is 46.3. The topological polar surface area (TPSA) is 34.4 Å². The number of alkyl halides is 3. The highest BCUT2D eigenvalue weighted by Crippen LogP contribution is 2.26. The molecule has 0 bridgehead atoms. The van der Waals surface area contributed by atoms with E-state index in [1.165, 1.54) is 12.1 Å². The second-order valence-electron chi connectivity index (χ2n) is 6.22. The fourth-order valence-electron chi connectivity index (χ4n) is 2.75. The number of furan rings is 1. The number of ether oxygens (including phenoxy) is 1. The molecule has 0 radical (unpaired) electrons. The van der Waals surface area contributed by atoms with Crippen LogP contribution in [0.15, 0.2) is 52.9 Å². The number of hydrogen-bond donors (Lipinski definition) is 1. The Kier molecular flexibility index (Phi) is 5.23. The van der Waals surface area contributed by atoms with Gasteiger partial charge in [0.15, 0.2) is 0 Å². The van der Waals surface area contributed by atoms with E-state index < -0.39 is 6.36 Å². The van der Waals surface area contributed by atoms with Gasteiger partial charge in [0.1, 0.15) is 17.1 Å². The SMILES string of the molecule is CNC(C)c1cc2ccc(CCc3ccc(OC(F)(F)F)cc3)cc2o1. The van der Waals surface area contributed by atoms with Crippen molar-refractivity contribution in [2.45, 2.75) is 32.2 Å². The first kappa shape index (κ1) is 18.3. The quantitative estimate of drug-likeness (QED) is 0.637. The Morgan fingerprint density at radius 2 is 1.65 bits per heavy atom. The van der Waals surface area contributed by atoms with Gasteiger partial charge in [0, 0.05) is 5.39 Å². The van der Waals surface area contributed by atoms with Crippen molar-refractivity contribution in [1.82, 2.24) is 5.32 Å². The number of aryl methyl sites for hydroxylation is 2. The Morgan fingerprint density at radius 3 is 2.31 bits per heavy atom. The molecule has 0 fully saturated rings. The van der Waals surface area contributed by atoms with Gasteiger partial charge in [-0.05, 0) is 62.2 Å². The van der Waals surface area contributed by atoms with Crippen molar-refractivity contribution in [1.29, 1.82) is 0 Å². The molecule has 1 atom stereocenters. The van der Waals surface area contributed by atoms with Crippen LogP contribution in [0.3, 0.4) is 0 Å². The number of hydrogen-bond acceptors (Lipinski definition) is 3. The fraction of sp³-hybridized carbons (Fsp3) is 0.300. The number of rotatable bonds is 6. The van der Waals surface area contributed by atoms with Crippen molar-refractivity contribution in [2.24, 2.45) is 0 Å². The normalized spacial score (nSPS) is 13.1. The maximum atomic E-state index is 12.2. The lowest BCUT2D eigenvalue weighted by molar-refractivity contribution is -0.274. The van der Waals surface area contributed by atoms with Crippen LogP contribution >= 0.6 is 0 Å². The van der Waals surface area contributed by atoms with Crippen molar-refractivity contribution in [3.8, 4) is 5.75 Å². The number of benzene rings is 2. The molecule has 1 heterocycles. The van der Waals surface area contributed by atoms with Crippen LogP contribution in [0, 0.1) is 0 Å². The molecule has 0 aliphatic heterocycles. The van der Waals surface area contributed by atoms with E-state index in [1.54, 1.807) is 12.1 Å². The third-order valence-electron chi connectivity index (χ3n) is 4.32. The average molecular weight is 363 g/mol. The first-order valence-corrected chi connectivity index (χ1v) is 8.38. The maximum Gasteiger partial charge on any atom is 0.573 e. The zero-order chi connectivity index (χ0) is 18.7. The fourth-order valence-corrected chi connectivity index (χ4v) is 2.75. The summed E-state index contributed by atoms with van der Waals surface area (Å²) in [5, 5.41) is 4.20. The highest BCUT2D eigenvalue weighted by atomic mass is 19.4. The van der Waals surface area contributed by atoms with Crippen molar-refractivity contribution in [3.05, 3.63) is 65.4 Å². The molecule has 0 saturated carbocycles. The number of fused-ring (bicyclic) bond motifs is 1. The third-order valence-corrected chi connectivity index (χ3v) is 4.32. The number of halogens is 3. The van der Waals surface area contributed by atoms with E-state index in [4.69, 9.17) is 4.42 Å². The van der Waals surface area contributed by atoms with E-state index in [0.29, 0.717) is 0 Å². The van der Waals surface area contributed by atoms with Crippen LogP contribution in [0.25, 0.3) is 11.0 Å². The van der Waals surface area contributed by atoms with Gasteiger partial charge in [0.05, 0.1) is 6.04 Å². The third kappa shape index (κ3) is 4.58. The molecular formula is C20H20F3NO2. The van der Waals surface area contributed by atoms with Crippen LogP contribution in [0.1, 0.15) is 29.9 Å². The summed E-state index contributed by atoms with van der Waals surface area (Å²) in [6.45, 7) is 2.03. The van der Waals surface area contributed by atoms with Crippen LogP contribution in [0.5, 0.6) is 5.75 Å². The highest BCUT2D eigenvalue weighted by Gasteiger charge is 2.30. The van der Waals surface area contributed by atoms with Gasteiger partial charge in [-0.1, -0.05) is 24.3 Å². The standard InChI is InChI=1S/C20H20F3NO2/c1-13(24-2)18-12-16-8-5-15(11-19(16)25-18)4-3-14-6-9-17(10-7-14)26-20(21,22)23/h5-13,24H,3-4H2,1-2H3. The van der Waals surface area contributed by atoms with Gasteiger partial charge in [-0.25, -0.2) is 0 Å². The maximum absolute atomic E-state index is 12.2. The second-order valence-corrected chi connectivity index (χ2v) is 6.22. The first-order valence-electron chi connectivity index (χ1n) is 8.38. The van der Waals surface area contributed by atoms with Gasteiger partial charge in [-0.3, -0.25) is 0 Å². The lowest BCUT2D eigenvalue weighted by Gasteiger charge is -2.09. The molecule has 2 aromatic carbocycles. The molecule has 0 aliphatic carbocycles. The molecular weight excluding hydrogens is 343 g/mol. The van der Waals surface area contributed by atoms with Gasteiger partial charge in [0.25, 0.3) is 0 Å². The summed E-state index contributed by atoms with van der Waals surface area (Å²) in [5.41, 5.74) is 2.91. The van der Waals surface area contributed by atoms with E-state index >= 15 is 0 Å². The molecule has 3 aromatic rings. The minimum Gasteiger partial charge on any atom is -0.459 e. The summed E-state index contributed by atoms with van der Waals surface area (Å²) in [4.78, 5) is 0. The largest absolute Gasteiger partial charge is 0.573 e. The monoisotopic (exact) mass is 363 g/mol. The Labute approximate surface area is 149 Å². The molecule has 0 aliphatic rings. The molecule has 1 unspecified atom stereocenters. The molecule has 138 valence electrons. The average Bonchev–Trinajstić information content (AvgIpc) is 3.02. The lowest BCUT2D eigenvalue weighted by atomic mass is 10.0. The Morgan fingerprint density at radius 1 is 1.00 bits per heavy atom. The summed E-state index contributed by atoms with van der Waals surface area (Å²) in [5.74, 6) is 0.685. The lowest BCUT2D eigenvalue weighted by Crippen LogP contribution is -2.17. The molecule has 3 nitrogen and oxygen atoms in total. The summed E-state index contributed by atoms with van der Waals surface area (Å²) >= 11 is 0. The van der Waals surface area contributed by atoms with Crippen LogP contribution in [-0.4, -0.2) is 13.4 Å². The van der Waals surface area contributed by atoms with Gasteiger partial charge in [0.2, 0.25) is 0 Å². The van der Waals surface area contributed by atoms with E-state index in [0.717, 1.165) is 40.7 Å². The zero-order valence-corrected chi connectivity index (χ0v) is 14.6. The van der Waals surface area contributed by atoms with Crippen LogP contribution in [0.2, 0.25) is 0 Å². The van der Waals surface area contributed by atoms with E-state index in [9.17, 15) is 13.2 Å². The number of nitrogens with one attached hydrogen (secondary N) is 1. The van der Waals surface area contributed by atoms with Crippen LogP contribution < -0.4 is 10.1 Å². The molecule has 0 amide bonds. The molecule has 1 N–H and O–H groups in total. The Balaban J connectivity index is 1.65. The van der Waals surface area contributed by atoms with Crippen molar-refractivity contribution >= 4 is 11.0 Å². The van der Waals surface area contributed by atoms with Crippen LogP contribution in [-0.2, 0) is 12.8 Å². The predicted molar refractivity (Wildman–Crippen MR) is 94.2 cm³/mol. The molecule has 1 aromatic heterocycles. The molecule has 0 spiro atoms. The second kappa shape index (κ2) is 7.41. The molecule has 0 saturated heterocycles. The predicted octanol–water partition coefficient (Wildman–Crippen LogP) is 5.40. The first-order chi connectivity index (χ1) is 12.3. The van der Waals surface area contributed by atoms with E-state index in [-0.39, 0.29) is 11.8 Å². The zero-order valence-electron chi connectivity index (χ0n) is 14.6. The van der Waals surface area contributed by atoms with E-state index in [1.807, 2.05) is 38.2 Å². The summed E-state index contributed by atoms with van der Waals surface area (Å²) in [7, 11) is 1.88. The van der Waals surface area contributed by atoms with Crippen molar-refractivity contribution < 1.29 is 22.3 Å². The van der Waals surface area contributed by atoms with Crippen LogP contribution in [0.4, 0.5) is 13.2 Å². The molecule has 3 rings (SSSR count). The Hall–Kier alpha value is -2.47. The minimum atomic E-state index is -4.66. The smallest absolute Gasteiger partial charge is 0.459 e. The van der Waals surface area contributed by atoms with Crippen molar-refractivity contribution in [3.63, 3.8) is 0 Å². The van der Waals surface area contributed by atoms with Gasteiger partial charge >= 0.3 is 6.36 Å². The Bertz CT molecular complexity index is 869. The molecule has 26 heavy (non-hydrogen) atoms. The summed E-state index contributed by atoms with van der Waals surface area (Å²) in [6.07, 6.45) is -3.17. The van der Waals surface area contributed by atoms with Gasteiger partial charge in [-0.2, -0.15) is 0 Å². The minimum absolute atomic E-state index is 0.142. The van der Waals surface area contributed by atoms with Gasteiger partial charge in [-0.15, -0.1) is 13.2 Å². The van der Waals surface area contributed by atoms with Crippen molar-refractivity contribution in [2.75, 3.05) is 7.05 Å². The molecule has 6 heteroatoms. The summed E-state index contributed by atoms with van der Waals surface area (Å²) in [6, 6.07) is 14.2. The highest BCUT2D eigenvalue weighted by molar-refractivity contribution is 5.78.